The summed E-state index contributed by atoms with van der Waals surface area (Å²) in [5.74, 6) is -0.402. The van der Waals surface area contributed by atoms with E-state index in [0.717, 1.165) is 28.0 Å². The molecule has 0 saturated heterocycles. The number of hydrogen-bond acceptors (Lipinski definition) is 5. The highest BCUT2D eigenvalue weighted by molar-refractivity contribution is 7.09. The molecule has 158 valence electrons. The second-order valence-electron chi connectivity index (χ2n) is 6.64. The van der Waals surface area contributed by atoms with Gasteiger partial charge in [-0.25, -0.2) is 0 Å². The summed E-state index contributed by atoms with van der Waals surface area (Å²) in [6.45, 7) is 3.10. The Hall–Kier alpha value is -3.33. The lowest BCUT2D eigenvalue weighted by Gasteiger charge is -2.07. The summed E-state index contributed by atoms with van der Waals surface area (Å²) < 4.78 is 5.59. The van der Waals surface area contributed by atoms with Crippen LogP contribution in [0.2, 0.25) is 0 Å². The van der Waals surface area contributed by atoms with E-state index in [2.05, 4.69) is 21.2 Å². The standard InChI is InChI=1S/C21H24N4O4S/c1-2-9-29-15-5-6-17-14(11-15)12-18(23-17)21(28)25-24-20(27)8-7-19(26)22-13-16-4-3-10-30-16/h3-6,10-12,23H,2,7-9,13H2,1H3,(H,22,26)(H,24,27)(H,25,28). The van der Waals surface area contributed by atoms with Crippen molar-refractivity contribution in [2.45, 2.75) is 32.7 Å². The Morgan fingerprint density at radius 3 is 2.67 bits per heavy atom. The van der Waals surface area contributed by atoms with Gasteiger partial charge in [0, 0.05) is 28.6 Å². The minimum Gasteiger partial charge on any atom is -0.494 e. The van der Waals surface area contributed by atoms with Crippen LogP contribution in [-0.4, -0.2) is 29.3 Å². The first-order valence-electron chi connectivity index (χ1n) is 9.69. The monoisotopic (exact) mass is 428 g/mol. The van der Waals surface area contributed by atoms with E-state index in [0.29, 0.717) is 18.8 Å². The highest BCUT2D eigenvalue weighted by Gasteiger charge is 2.12. The number of carbonyl (C=O) groups excluding carboxylic acids is 3. The molecule has 3 amide bonds. The number of carbonyl (C=O) groups is 3. The molecule has 0 spiro atoms. The molecular weight excluding hydrogens is 404 g/mol. The summed E-state index contributed by atoms with van der Waals surface area (Å²) in [7, 11) is 0. The van der Waals surface area contributed by atoms with Gasteiger partial charge in [0.2, 0.25) is 11.8 Å². The van der Waals surface area contributed by atoms with E-state index in [4.69, 9.17) is 4.74 Å². The summed E-state index contributed by atoms with van der Waals surface area (Å²) in [4.78, 5) is 40.0. The Kier molecular flexibility index (Phi) is 7.45. The van der Waals surface area contributed by atoms with Crippen LogP contribution < -0.4 is 20.9 Å². The number of rotatable bonds is 9. The van der Waals surface area contributed by atoms with Crippen LogP contribution in [-0.2, 0) is 16.1 Å². The van der Waals surface area contributed by atoms with Gasteiger partial charge in [-0.2, -0.15) is 0 Å². The molecule has 1 aromatic carbocycles. The number of aromatic amines is 1. The van der Waals surface area contributed by atoms with Gasteiger partial charge in [0.05, 0.1) is 13.2 Å². The Morgan fingerprint density at radius 1 is 1.07 bits per heavy atom. The van der Waals surface area contributed by atoms with Crippen molar-refractivity contribution in [3.63, 3.8) is 0 Å². The van der Waals surface area contributed by atoms with Gasteiger partial charge in [0.15, 0.2) is 0 Å². The molecule has 2 aromatic heterocycles. The van der Waals surface area contributed by atoms with Gasteiger partial charge in [-0.15, -0.1) is 11.3 Å². The molecule has 30 heavy (non-hydrogen) atoms. The lowest BCUT2D eigenvalue weighted by Crippen LogP contribution is -2.42. The molecule has 3 rings (SSSR count). The molecule has 8 nitrogen and oxygen atoms in total. The van der Waals surface area contributed by atoms with Crippen LogP contribution in [0.1, 0.15) is 41.6 Å². The number of nitrogens with one attached hydrogen (secondary N) is 4. The fourth-order valence-corrected chi connectivity index (χ4v) is 3.36. The van der Waals surface area contributed by atoms with Crippen molar-refractivity contribution in [1.82, 2.24) is 21.2 Å². The second-order valence-corrected chi connectivity index (χ2v) is 7.67. The third-order valence-corrected chi connectivity index (χ3v) is 5.12. The highest BCUT2D eigenvalue weighted by Crippen LogP contribution is 2.21. The number of amides is 3. The summed E-state index contributed by atoms with van der Waals surface area (Å²) in [5.41, 5.74) is 5.79. The number of aromatic nitrogens is 1. The molecule has 0 aliphatic rings. The predicted octanol–water partition coefficient (Wildman–Crippen LogP) is 2.88. The zero-order chi connectivity index (χ0) is 21.3. The summed E-state index contributed by atoms with van der Waals surface area (Å²) >= 11 is 1.55. The number of ether oxygens (including phenoxy) is 1. The third-order valence-electron chi connectivity index (χ3n) is 4.24. The number of fused-ring (bicyclic) bond motifs is 1. The van der Waals surface area contributed by atoms with E-state index in [1.807, 2.05) is 42.6 Å². The van der Waals surface area contributed by atoms with Crippen molar-refractivity contribution in [2.75, 3.05) is 6.61 Å². The average Bonchev–Trinajstić information content (AvgIpc) is 3.42. The Morgan fingerprint density at radius 2 is 1.90 bits per heavy atom. The van der Waals surface area contributed by atoms with E-state index < -0.39 is 11.8 Å². The van der Waals surface area contributed by atoms with E-state index in [1.165, 1.54) is 0 Å². The molecule has 0 atom stereocenters. The minimum absolute atomic E-state index is 0.0264. The number of benzene rings is 1. The topological polar surface area (TPSA) is 112 Å². The van der Waals surface area contributed by atoms with Gasteiger partial charge in [0.1, 0.15) is 11.4 Å². The summed E-state index contributed by atoms with van der Waals surface area (Å²) in [6, 6.07) is 11.1. The largest absolute Gasteiger partial charge is 0.494 e. The normalized spacial score (nSPS) is 10.6. The molecule has 0 saturated carbocycles. The summed E-state index contributed by atoms with van der Waals surface area (Å²) in [6.07, 6.45) is 0.927. The molecule has 0 aliphatic heterocycles. The fourth-order valence-electron chi connectivity index (χ4n) is 2.71. The van der Waals surface area contributed by atoms with Crippen molar-refractivity contribution in [3.8, 4) is 5.75 Å². The number of thiophene rings is 1. The van der Waals surface area contributed by atoms with E-state index >= 15 is 0 Å². The first-order chi connectivity index (χ1) is 14.5. The van der Waals surface area contributed by atoms with Gasteiger partial charge >= 0.3 is 0 Å². The molecule has 0 radical (unpaired) electrons. The maximum absolute atomic E-state index is 12.3. The predicted molar refractivity (Wildman–Crippen MR) is 115 cm³/mol. The fraction of sp³-hybridized carbons (Fsp3) is 0.286. The van der Waals surface area contributed by atoms with Crippen LogP contribution in [0.3, 0.4) is 0 Å². The average molecular weight is 429 g/mol. The Balaban J connectivity index is 1.43. The Labute approximate surface area is 178 Å². The van der Waals surface area contributed by atoms with Crippen LogP contribution in [0.5, 0.6) is 5.75 Å². The zero-order valence-corrected chi connectivity index (χ0v) is 17.4. The Bertz CT molecular complexity index is 1010. The number of hydrazine groups is 1. The highest BCUT2D eigenvalue weighted by atomic mass is 32.1. The molecule has 0 unspecified atom stereocenters. The molecule has 9 heteroatoms. The maximum atomic E-state index is 12.3. The van der Waals surface area contributed by atoms with Crippen LogP contribution in [0, 0.1) is 0 Å². The third kappa shape index (κ3) is 6.08. The second kappa shape index (κ2) is 10.4. The SMILES string of the molecule is CCCOc1ccc2[nH]c(C(=O)NNC(=O)CCC(=O)NCc3cccs3)cc2c1. The first-order valence-corrected chi connectivity index (χ1v) is 10.6. The van der Waals surface area contributed by atoms with Gasteiger partial charge in [0.25, 0.3) is 5.91 Å². The van der Waals surface area contributed by atoms with Crippen LogP contribution >= 0.6 is 11.3 Å². The molecule has 0 bridgehead atoms. The van der Waals surface area contributed by atoms with Gasteiger partial charge in [-0.05, 0) is 42.1 Å². The lowest BCUT2D eigenvalue weighted by atomic mass is 10.2. The zero-order valence-electron chi connectivity index (χ0n) is 16.6. The van der Waals surface area contributed by atoms with Crippen LogP contribution in [0.15, 0.2) is 41.8 Å². The number of H-pyrrole nitrogens is 1. The van der Waals surface area contributed by atoms with Crippen molar-refractivity contribution in [2.24, 2.45) is 0 Å². The minimum atomic E-state index is -0.474. The van der Waals surface area contributed by atoms with Gasteiger partial charge < -0.3 is 15.0 Å². The van der Waals surface area contributed by atoms with Crippen molar-refractivity contribution in [1.29, 1.82) is 0 Å². The number of hydrogen-bond donors (Lipinski definition) is 4. The van der Waals surface area contributed by atoms with E-state index in [-0.39, 0.29) is 18.7 Å². The van der Waals surface area contributed by atoms with E-state index in [9.17, 15) is 14.4 Å². The van der Waals surface area contributed by atoms with Gasteiger partial charge in [-0.3, -0.25) is 25.2 Å². The van der Waals surface area contributed by atoms with Crippen molar-refractivity contribution < 1.29 is 19.1 Å². The lowest BCUT2D eigenvalue weighted by molar-refractivity contribution is -0.126. The molecule has 4 N–H and O–H groups in total. The van der Waals surface area contributed by atoms with Crippen molar-refractivity contribution in [3.05, 3.63) is 52.3 Å². The first kappa shape index (κ1) is 21.4. The van der Waals surface area contributed by atoms with Gasteiger partial charge in [-0.1, -0.05) is 13.0 Å². The summed E-state index contributed by atoms with van der Waals surface area (Å²) in [5, 5.41) is 5.52. The van der Waals surface area contributed by atoms with Crippen LogP contribution in [0.25, 0.3) is 10.9 Å². The quantitative estimate of drug-likeness (QED) is 0.393. The molecule has 2 heterocycles. The molecule has 0 aliphatic carbocycles. The molecule has 3 aromatic rings. The smallest absolute Gasteiger partial charge is 0.286 e. The molecule has 0 fully saturated rings. The van der Waals surface area contributed by atoms with E-state index in [1.54, 1.807) is 17.4 Å². The molecular formula is C21H24N4O4S. The van der Waals surface area contributed by atoms with Crippen LogP contribution in [0.4, 0.5) is 0 Å². The maximum Gasteiger partial charge on any atom is 0.286 e. The van der Waals surface area contributed by atoms with Crippen molar-refractivity contribution >= 4 is 40.0 Å².